The van der Waals surface area contributed by atoms with Crippen molar-refractivity contribution in [2.24, 2.45) is 5.73 Å². The van der Waals surface area contributed by atoms with Crippen molar-refractivity contribution in [1.29, 1.82) is 0 Å². The lowest BCUT2D eigenvalue weighted by atomic mass is 10.0. The van der Waals surface area contributed by atoms with Crippen LogP contribution in [-0.2, 0) is 0 Å². The summed E-state index contributed by atoms with van der Waals surface area (Å²) in [6.07, 6.45) is 0. The molecule has 1 unspecified atom stereocenters. The van der Waals surface area contributed by atoms with Crippen LogP contribution in [-0.4, -0.2) is 13.7 Å². The van der Waals surface area contributed by atoms with E-state index in [9.17, 15) is 4.39 Å². The zero-order valence-corrected chi connectivity index (χ0v) is 8.94. The molecular weight excluding hydrogens is 205 g/mol. The van der Waals surface area contributed by atoms with Crippen molar-refractivity contribution in [1.82, 2.24) is 0 Å². The zero-order valence-electron chi connectivity index (χ0n) is 8.18. The highest BCUT2D eigenvalue weighted by Crippen LogP contribution is 2.30. The summed E-state index contributed by atoms with van der Waals surface area (Å²) in [5.74, 6) is -0.0280. The molecule has 4 heteroatoms. The molecule has 0 aromatic heterocycles. The van der Waals surface area contributed by atoms with E-state index in [0.29, 0.717) is 22.9 Å². The van der Waals surface area contributed by atoms with E-state index in [1.807, 2.05) is 6.92 Å². The number of methoxy groups -OCH3 is 1. The average molecular weight is 218 g/mol. The summed E-state index contributed by atoms with van der Waals surface area (Å²) >= 11 is 5.87. The fourth-order valence-electron chi connectivity index (χ4n) is 1.21. The van der Waals surface area contributed by atoms with Gasteiger partial charge in [-0.1, -0.05) is 18.5 Å². The topological polar surface area (TPSA) is 35.2 Å². The minimum atomic E-state index is -0.329. The van der Waals surface area contributed by atoms with Crippen molar-refractivity contribution in [2.45, 2.75) is 12.8 Å². The molecule has 14 heavy (non-hydrogen) atoms. The number of ether oxygens (including phenoxy) is 1. The molecule has 1 rings (SSSR count). The normalized spacial score (nSPS) is 12.6. The van der Waals surface area contributed by atoms with Gasteiger partial charge in [0.25, 0.3) is 0 Å². The number of rotatable bonds is 3. The van der Waals surface area contributed by atoms with E-state index in [1.165, 1.54) is 13.2 Å². The van der Waals surface area contributed by atoms with E-state index >= 15 is 0 Å². The predicted molar refractivity (Wildman–Crippen MR) is 55.4 cm³/mol. The maximum absolute atomic E-state index is 13.5. The van der Waals surface area contributed by atoms with Gasteiger partial charge in [-0.25, -0.2) is 4.39 Å². The monoisotopic (exact) mass is 217 g/mol. The van der Waals surface area contributed by atoms with Gasteiger partial charge in [0.2, 0.25) is 0 Å². The standard InChI is InChI=1S/C10H13ClFNO/c1-6(5-13)7-3-8(11)10(14-2)4-9(7)12/h3-4,6H,5,13H2,1-2H3. The van der Waals surface area contributed by atoms with Gasteiger partial charge in [0, 0.05) is 6.07 Å². The molecule has 0 amide bonds. The Morgan fingerprint density at radius 2 is 2.21 bits per heavy atom. The van der Waals surface area contributed by atoms with E-state index < -0.39 is 0 Å². The molecule has 0 heterocycles. The summed E-state index contributed by atoms with van der Waals surface area (Å²) in [7, 11) is 1.45. The predicted octanol–water partition coefficient (Wildman–Crippen LogP) is 2.55. The Balaban J connectivity index is 3.14. The van der Waals surface area contributed by atoms with Gasteiger partial charge in [-0.2, -0.15) is 0 Å². The molecule has 0 aliphatic carbocycles. The second-order valence-electron chi connectivity index (χ2n) is 3.15. The third kappa shape index (κ3) is 2.16. The Bertz CT molecular complexity index is 330. The fourth-order valence-corrected chi connectivity index (χ4v) is 1.45. The molecule has 0 saturated heterocycles. The van der Waals surface area contributed by atoms with E-state index in [-0.39, 0.29) is 11.7 Å². The van der Waals surface area contributed by atoms with E-state index in [2.05, 4.69) is 0 Å². The van der Waals surface area contributed by atoms with Crippen LogP contribution in [0.5, 0.6) is 5.75 Å². The number of hydrogen-bond donors (Lipinski definition) is 1. The lowest BCUT2D eigenvalue weighted by Gasteiger charge is -2.12. The first-order valence-corrected chi connectivity index (χ1v) is 4.71. The average Bonchev–Trinajstić information content (AvgIpc) is 2.19. The molecular formula is C10H13ClFNO. The van der Waals surface area contributed by atoms with Crippen molar-refractivity contribution < 1.29 is 9.13 Å². The zero-order chi connectivity index (χ0) is 10.7. The van der Waals surface area contributed by atoms with E-state index in [4.69, 9.17) is 22.1 Å². The van der Waals surface area contributed by atoms with Crippen molar-refractivity contribution >= 4 is 11.6 Å². The summed E-state index contributed by atoms with van der Waals surface area (Å²) in [4.78, 5) is 0. The quantitative estimate of drug-likeness (QED) is 0.845. The summed E-state index contributed by atoms with van der Waals surface area (Å²) in [5.41, 5.74) is 5.98. The van der Waals surface area contributed by atoms with Crippen LogP contribution in [0.1, 0.15) is 18.4 Å². The smallest absolute Gasteiger partial charge is 0.140 e. The first-order chi connectivity index (χ1) is 6.60. The number of hydrogen-bond acceptors (Lipinski definition) is 2. The van der Waals surface area contributed by atoms with Crippen LogP contribution in [0.15, 0.2) is 12.1 Å². The largest absolute Gasteiger partial charge is 0.495 e. The summed E-state index contributed by atoms with van der Waals surface area (Å²) < 4.78 is 18.4. The first-order valence-electron chi connectivity index (χ1n) is 4.33. The van der Waals surface area contributed by atoms with E-state index in [0.717, 1.165) is 0 Å². The third-order valence-electron chi connectivity index (χ3n) is 2.16. The molecule has 1 aromatic carbocycles. The summed E-state index contributed by atoms with van der Waals surface area (Å²) in [6, 6.07) is 2.84. The molecule has 0 aliphatic heterocycles. The van der Waals surface area contributed by atoms with Crippen LogP contribution >= 0.6 is 11.6 Å². The van der Waals surface area contributed by atoms with Gasteiger partial charge in [-0.15, -0.1) is 0 Å². The summed E-state index contributed by atoms with van der Waals surface area (Å²) in [6.45, 7) is 2.24. The Kier molecular flexibility index (Phi) is 3.72. The molecule has 0 saturated carbocycles. The molecule has 78 valence electrons. The summed E-state index contributed by atoms with van der Waals surface area (Å²) in [5, 5.41) is 0.407. The SMILES string of the molecule is COc1cc(F)c(C(C)CN)cc1Cl. The molecule has 2 N–H and O–H groups in total. The molecule has 0 bridgehead atoms. The first kappa shape index (κ1) is 11.3. The maximum atomic E-state index is 13.5. The Morgan fingerprint density at radius 3 is 2.71 bits per heavy atom. The van der Waals surface area contributed by atoms with Crippen LogP contribution in [0.4, 0.5) is 4.39 Å². The van der Waals surface area contributed by atoms with Crippen molar-refractivity contribution in [3.63, 3.8) is 0 Å². The highest BCUT2D eigenvalue weighted by molar-refractivity contribution is 6.32. The minimum Gasteiger partial charge on any atom is -0.495 e. The lowest BCUT2D eigenvalue weighted by Crippen LogP contribution is -2.10. The molecule has 1 aromatic rings. The van der Waals surface area contributed by atoms with Gasteiger partial charge in [0.15, 0.2) is 0 Å². The van der Waals surface area contributed by atoms with Gasteiger partial charge in [-0.3, -0.25) is 0 Å². The third-order valence-corrected chi connectivity index (χ3v) is 2.45. The van der Waals surface area contributed by atoms with Crippen LogP contribution in [0.3, 0.4) is 0 Å². The van der Waals surface area contributed by atoms with Crippen molar-refractivity contribution in [3.8, 4) is 5.75 Å². The second-order valence-corrected chi connectivity index (χ2v) is 3.55. The van der Waals surface area contributed by atoms with Gasteiger partial charge < -0.3 is 10.5 Å². The van der Waals surface area contributed by atoms with Gasteiger partial charge in [-0.05, 0) is 24.1 Å². The highest BCUT2D eigenvalue weighted by Gasteiger charge is 2.13. The number of nitrogens with two attached hydrogens (primary N) is 1. The van der Waals surface area contributed by atoms with Gasteiger partial charge >= 0.3 is 0 Å². The molecule has 0 aliphatic rings. The van der Waals surface area contributed by atoms with Crippen molar-refractivity contribution in [2.75, 3.05) is 13.7 Å². The molecule has 2 nitrogen and oxygen atoms in total. The van der Waals surface area contributed by atoms with Crippen LogP contribution in [0.25, 0.3) is 0 Å². The fraction of sp³-hybridized carbons (Fsp3) is 0.400. The maximum Gasteiger partial charge on any atom is 0.140 e. The molecule has 0 radical (unpaired) electrons. The molecule has 1 atom stereocenters. The molecule has 0 fully saturated rings. The van der Waals surface area contributed by atoms with Gasteiger partial charge in [0.1, 0.15) is 11.6 Å². The number of benzene rings is 1. The van der Waals surface area contributed by atoms with Crippen LogP contribution in [0, 0.1) is 5.82 Å². The Labute approximate surface area is 87.8 Å². The second kappa shape index (κ2) is 4.62. The van der Waals surface area contributed by atoms with Crippen molar-refractivity contribution in [3.05, 3.63) is 28.5 Å². The lowest BCUT2D eigenvalue weighted by molar-refractivity contribution is 0.410. The van der Waals surface area contributed by atoms with Crippen LogP contribution in [0.2, 0.25) is 5.02 Å². The molecule has 0 spiro atoms. The van der Waals surface area contributed by atoms with Crippen LogP contribution < -0.4 is 10.5 Å². The highest BCUT2D eigenvalue weighted by atomic mass is 35.5. The van der Waals surface area contributed by atoms with Gasteiger partial charge in [0.05, 0.1) is 12.1 Å². The Morgan fingerprint density at radius 1 is 1.57 bits per heavy atom. The van der Waals surface area contributed by atoms with E-state index in [1.54, 1.807) is 6.07 Å². The minimum absolute atomic E-state index is 0.0431. The number of halogens is 2. The Hall–Kier alpha value is -0.800.